The number of carbonyl (C=O) groups excluding carboxylic acids is 1. The third-order valence-corrected chi connectivity index (χ3v) is 3.06. The Morgan fingerprint density at radius 1 is 1.59 bits per heavy atom. The lowest BCUT2D eigenvalue weighted by Crippen LogP contribution is -2.22. The number of carbonyl (C=O) groups is 1. The van der Waals surface area contributed by atoms with Crippen LogP contribution in [0.3, 0.4) is 0 Å². The zero-order valence-corrected chi connectivity index (χ0v) is 10.4. The minimum absolute atomic E-state index is 0.0177. The number of rotatable bonds is 4. The van der Waals surface area contributed by atoms with Crippen LogP contribution in [0.25, 0.3) is 0 Å². The number of aliphatic hydroxyl groups is 2. The first-order valence-electron chi connectivity index (χ1n) is 5.03. The first-order valence-corrected chi connectivity index (χ1v) is 6.02. The highest BCUT2D eigenvalue weighted by Gasteiger charge is 2.22. The molecule has 0 bridgehead atoms. The van der Waals surface area contributed by atoms with Gasteiger partial charge in [-0.2, -0.15) is 4.39 Å². The summed E-state index contributed by atoms with van der Waals surface area (Å²) in [7, 11) is 0. The number of aliphatic hydroxyl groups excluding tert-OH is 2. The molecule has 0 aliphatic rings. The Morgan fingerprint density at radius 2 is 2.24 bits per heavy atom. The molecule has 0 radical (unpaired) electrons. The highest BCUT2D eigenvalue weighted by Crippen LogP contribution is 2.22. The summed E-state index contributed by atoms with van der Waals surface area (Å²) in [5.41, 5.74) is 0.633. The van der Waals surface area contributed by atoms with E-state index in [0.717, 1.165) is 11.8 Å². The van der Waals surface area contributed by atoms with Gasteiger partial charge < -0.3 is 10.2 Å². The smallest absolute Gasteiger partial charge is 0.218 e. The fourth-order valence-electron chi connectivity index (χ4n) is 1.28. The quantitative estimate of drug-likeness (QED) is 0.795. The van der Waals surface area contributed by atoms with E-state index in [1.807, 2.05) is 0 Å². The van der Waals surface area contributed by atoms with Crippen LogP contribution in [0.1, 0.15) is 24.2 Å². The summed E-state index contributed by atoms with van der Waals surface area (Å²) in [6, 6.07) is 1.43. The van der Waals surface area contributed by atoms with Crippen molar-refractivity contribution in [3.63, 3.8) is 0 Å². The highest BCUT2D eigenvalue weighted by atomic mass is 32.2. The molecule has 0 saturated heterocycles. The molecule has 1 heterocycles. The van der Waals surface area contributed by atoms with Crippen molar-refractivity contribution >= 4 is 16.9 Å². The van der Waals surface area contributed by atoms with Crippen molar-refractivity contribution in [3.05, 3.63) is 29.3 Å². The van der Waals surface area contributed by atoms with Gasteiger partial charge in [0.05, 0.1) is 6.10 Å². The van der Waals surface area contributed by atoms with Gasteiger partial charge in [-0.05, 0) is 18.6 Å². The van der Waals surface area contributed by atoms with Crippen LogP contribution in [-0.4, -0.2) is 32.2 Å². The number of halogens is 1. The molecular formula is C11H14FNO3S. The minimum atomic E-state index is -1.38. The fraction of sp³-hybridized carbons (Fsp3) is 0.455. The molecule has 2 atom stereocenters. The van der Waals surface area contributed by atoms with Crippen LogP contribution in [0.2, 0.25) is 0 Å². The van der Waals surface area contributed by atoms with E-state index in [4.69, 9.17) is 0 Å². The van der Waals surface area contributed by atoms with Crippen molar-refractivity contribution in [2.45, 2.75) is 26.1 Å². The van der Waals surface area contributed by atoms with Crippen molar-refractivity contribution in [1.29, 1.82) is 0 Å². The molecule has 2 unspecified atom stereocenters. The molecule has 0 amide bonds. The first kappa shape index (κ1) is 14.1. The number of hydrogen-bond acceptors (Lipinski definition) is 5. The van der Waals surface area contributed by atoms with E-state index in [2.05, 4.69) is 4.98 Å². The number of aromatic nitrogens is 1. The maximum atomic E-state index is 13.3. The summed E-state index contributed by atoms with van der Waals surface area (Å²) in [5.74, 6) is -0.792. The largest absolute Gasteiger partial charge is 0.389 e. The molecule has 1 aromatic heterocycles. The third-order valence-electron chi connectivity index (χ3n) is 2.14. The van der Waals surface area contributed by atoms with Crippen LogP contribution < -0.4 is 0 Å². The average Bonchev–Trinajstić information content (AvgIpc) is 2.28. The summed E-state index contributed by atoms with van der Waals surface area (Å²) < 4.78 is 13.3. The Balaban J connectivity index is 2.77. The fourth-order valence-corrected chi connectivity index (χ4v) is 1.87. The monoisotopic (exact) mass is 259 g/mol. The molecule has 0 aromatic carbocycles. The number of nitrogens with zero attached hydrogens (tertiary/aromatic N) is 1. The van der Waals surface area contributed by atoms with Crippen molar-refractivity contribution in [3.8, 4) is 0 Å². The molecule has 6 heteroatoms. The molecule has 4 nitrogen and oxygen atoms in total. The predicted octanol–water partition coefficient (Wildman–Crippen LogP) is 1.20. The van der Waals surface area contributed by atoms with E-state index in [1.165, 1.54) is 19.2 Å². The maximum absolute atomic E-state index is 13.3. The Bertz CT molecular complexity index is 414. The molecule has 17 heavy (non-hydrogen) atoms. The van der Waals surface area contributed by atoms with Crippen molar-refractivity contribution < 1.29 is 19.4 Å². The molecule has 0 spiro atoms. The van der Waals surface area contributed by atoms with Crippen LogP contribution >= 0.6 is 11.8 Å². The van der Waals surface area contributed by atoms with E-state index in [1.54, 1.807) is 6.92 Å². The van der Waals surface area contributed by atoms with E-state index in [9.17, 15) is 19.4 Å². The third kappa shape index (κ3) is 4.07. The van der Waals surface area contributed by atoms with Crippen LogP contribution in [0.5, 0.6) is 0 Å². The topological polar surface area (TPSA) is 70.4 Å². The zero-order chi connectivity index (χ0) is 13.0. The van der Waals surface area contributed by atoms with Gasteiger partial charge in [-0.1, -0.05) is 11.8 Å². The summed E-state index contributed by atoms with van der Waals surface area (Å²) in [5, 5.41) is 19.2. The minimum Gasteiger partial charge on any atom is -0.389 e. The van der Waals surface area contributed by atoms with Gasteiger partial charge in [0.1, 0.15) is 6.10 Å². The molecule has 1 rings (SSSR count). The van der Waals surface area contributed by atoms with Gasteiger partial charge in [-0.15, -0.1) is 0 Å². The van der Waals surface area contributed by atoms with Crippen LogP contribution in [0.15, 0.2) is 12.3 Å². The second-order valence-corrected chi connectivity index (χ2v) is 4.90. The summed E-state index contributed by atoms with van der Waals surface area (Å²) in [6.45, 7) is 3.07. The van der Waals surface area contributed by atoms with Gasteiger partial charge in [0.15, 0.2) is 5.12 Å². The highest BCUT2D eigenvalue weighted by molar-refractivity contribution is 8.13. The van der Waals surface area contributed by atoms with Crippen molar-refractivity contribution in [2.24, 2.45) is 0 Å². The van der Waals surface area contributed by atoms with Gasteiger partial charge in [0, 0.05) is 24.4 Å². The molecule has 0 aliphatic carbocycles. The van der Waals surface area contributed by atoms with Crippen LogP contribution in [-0.2, 0) is 4.79 Å². The van der Waals surface area contributed by atoms with Gasteiger partial charge >= 0.3 is 0 Å². The first-order chi connectivity index (χ1) is 7.91. The maximum Gasteiger partial charge on any atom is 0.218 e. The Labute approximate surface area is 103 Å². The van der Waals surface area contributed by atoms with Gasteiger partial charge in [0.2, 0.25) is 5.95 Å². The predicted molar refractivity (Wildman–Crippen MR) is 63.0 cm³/mol. The summed E-state index contributed by atoms with van der Waals surface area (Å²) in [4.78, 5) is 14.2. The summed E-state index contributed by atoms with van der Waals surface area (Å²) >= 11 is 0.881. The number of hydrogen-bond donors (Lipinski definition) is 2. The molecule has 0 fully saturated rings. The second-order valence-electron chi connectivity index (χ2n) is 3.71. The van der Waals surface area contributed by atoms with E-state index in [-0.39, 0.29) is 16.4 Å². The molecule has 0 aliphatic heterocycles. The van der Waals surface area contributed by atoms with E-state index >= 15 is 0 Å². The second kappa shape index (κ2) is 6.09. The van der Waals surface area contributed by atoms with E-state index < -0.39 is 18.2 Å². The van der Waals surface area contributed by atoms with Crippen molar-refractivity contribution in [2.75, 3.05) is 5.75 Å². The Morgan fingerprint density at radius 3 is 2.82 bits per heavy atom. The molecular weight excluding hydrogens is 245 g/mol. The zero-order valence-electron chi connectivity index (χ0n) is 9.55. The lowest BCUT2D eigenvalue weighted by molar-refractivity contribution is -0.109. The average molecular weight is 259 g/mol. The Hall–Kier alpha value is -0.980. The molecule has 94 valence electrons. The standard InChI is InChI=1S/C11H14FNO3S/c1-6-3-8(11(12)13-4-6)10(16)9(15)5-17-7(2)14/h3-4,9-10,15-16H,5H2,1-2H3. The lowest BCUT2D eigenvalue weighted by atomic mass is 10.1. The Kier molecular flexibility index (Phi) is 5.04. The van der Waals surface area contributed by atoms with Crippen LogP contribution in [0, 0.1) is 12.9 Å². The number of thioether (sulfide) groups is 1. The molecule has 1 aromatic rings. The van der Waals surface area contributed by atoms with Gasteiger partial charge in [0.25, 0.3) is 0 Å². The lowest BCUT2D eigenvalue weighted by Gasteiger charge is -2.17. The number of aryl methyl sites for hydroxylation is 1. The van der Waals surface area contributed by atoms with Crippen LogP contribution in [0.4, 0.5) is 4.39 Å². The van der Waals surface area contributed by atoms with Gasteiger partial charge in [-0.25, -0.2) is 4.98 Å². The number of pyridine rings is 1. The summed E-state index contributed by atoms with van der Waals surface area (Å²) in [6.07, 6.45) is -1.25. The molecule has 0 saturated carbocycles. The normalized spacial score (nSPS) is 14.4. The SMILES string of the molecule is CC(=O)SCC(O)C(O)c1cc(C)cnc1F. The van der Waals surface area contributed by atoms with E-state index in [0.29, 0.717) is 5.56 Å². The van der Waals surface area contributed by atoms with Gasteiger partial charge in [-0.3, -0.25) is 4.79 Å². The molecule has 2 N–H and O–H groups in total. The van der Waals surface area contributed by atoms with Crippen molar-refractivity contribution in [1.82, 2.24) is 4.98 Å².